The molecule has 1 atom stereocenters. The highest BCUT2D eigenvalue weighted by molar-refractivity contribution is 5.94. The Kier molecular flexibility index (Phi) is 5.85. The Labute approximate surface area is 143 Å². The predicted octanol–water partition coefficient (Wildman–Crippen LogP) is 2.79. The van der Waals surface area contributed by atoms with E-state index in [0.717, 1.165) is 38.1 Å². The molecule has 2 aromatic carbocycles. The lowest BCUT2D eigenvalue weighted by Gasteiger charge is -2.12. The first-order valence-electron chi connectivity index (χ1n) is 8.61. The number of amides is 1. The minimum atomic E-state index is 0.000629. The van der Waals surface area contributed by atoms with Crippen molar-refractivity contribution < 1.29 is 9.53 Å². The summed E-state index contributed by atoms with van der Waals surface area (Å²) in [6, 6.07) is 17.6. The van der Waals surface area contributed by atoms with E-state index in [4.69, 9.17) is 4.74 Å². The molecule has 4 heteroatoms. The Morgan fingerprint density at radius 3 is 2.58 bits per heavy atom. The minimum Gasteiger partial charge on any atom is -0.488 e. The topological polar surface area (TPSA) is 50.4 Å². The lowest BCUT2D eigenvalue weighted by molar-refractivity contribution is 0.0953. The summed E-state index contributed by atoms with van der Waals surface area (Å²) in [5.74, 6) is 1.02. The predicted molar refractivity (Wildman–Crippen MR) is 95.4 cm³/mol. The van der Waals surface area contributed by atoms with Crippen LogP contribution in [0.4, 0.5) is 0 Å². The standard InChI is InChI=1S/C20H24N2O2/c23-20(16-8-2-1-3-9-16)22-13-7-6-12-21-15-18-14-17-10-4-5-11-19(17)24-18/h1-5,8-11,18,21H,6-7,12-15H2,(H,22,23)/t18-/m1/s1. The van der Waals surface area contributed by atoms with Gasteiger partial charge < -0.3 is 15.4 Å². The van der Waals surface area contributed by atoms with Crippen LogP contribution in [0.25, 0.3) is 0 Å². The van der Waals surface area contributed by atoms with Crippen LogP contribution in [0.3, 0.4) is 0 Å². The van der Waals surface area contributed by atoms with Crippen LogP contribution in [-0.4, -0.2) is 31.6 Å². The fourth-order valence-electron chi connectivity index (χ4n) is 2.90. The molecule has 0 bridgehead atoms. The average Bonchev–Trinajstić information content (AvgIpc) is 3.04. The van der Waals surface area contributed by atoms with Crippen molar-refractivity contribution in [3.05, 3.63) is 65.7 Å². The summed E-state index contributed by atoms with van der Waals surface area (Å²) in [7, 11) is 0. The number of para-hydroxylation sites is 1. The number of hydrogen-bond acceptors (Lipinski definition) is 3. The van der Waals surface area contributed by atoms with Gasteiger partial charge in [-0.2, -0.15) is 0 Å². The van der Waals surface area contributed by atoms with Gasteiger partial charge >= 0.3 is 0 Å². The average molecular weight is 324 g/mol. The summed E-state index contributed by atoms with van der Waals surface area (Å²) < 4.78 is 5.90. The molecular weight excluding hydrogens is 300 g/mol. The highest BCUT2D eigenvalue weighted by Gasteiger charge is 2.21. The van der Waals surface area contributed by atoms with Gasteiger partial charge in [0.15, 0.2) is 0 Å². The van der Waals surface area contributed by atoms with Crippen LogP contribution >= 0.6 is 0 Å². The monoisotopic (exact) mass is 324 g/mol. The van der Waals surface area contributed by atoms with Gasteiger partial charge in [-0.25, -0.2) is 0 Å². The summed E-state index contributed by atoms with van der Waals surface area (Å²) in [6.07, 6.45) is 3.22. The second-order valence-electron chi connectivity index (χ2n) is 6.08. The quantitative estimate of drug-likeness (QED) is 0.734. The van der Waals surface area contributed by atoms with Gasteiger partial charge in [-0.15, -0.1) is 0 Å². The molecule has 0 saturated heterocycles. The largest absolute Gasteiger partial charge is 0.488 e. The van der Waals surface area contributed by atoms with Crippen molar-refractivity contribution in [2.75, 3.05) is 19.6 Å². The molecule has 0 saturated carbocycles. The van der Waals surface area contributed by atoms with Gasteiger partial charge in [0.2, 0.25) is 0 Å². The minimum absolute atomic E-state index is 0.000629. The van der Waals surface area contributed by atoms with Crippen LogP contribution in [-0.2, 0) is 6.42 Å². The molecule has 126 valence electrons. The molecule has 0 unspecified atom stereocenters. The lowest BCUT2D eigenvalue weighted by atomic mass is 10.1. The number of rotatable bonds is 8. The Morgan fingerprint density at radius 1 is 1.00 bits per heavy atom. The molecule has 1 amide bonds. The van der Waals surface area contributed by atoms with E-state index in [0.29, 0.717) is 12.1 Å². The number of unbranched alkanes of at least 4 members (excludes halogenated alkanes) is 1. The van der Waals surface area contributed by atoms with Crippen LogP contribution in [0.15, 0.2) is 54.6 Å². The Bertz CT molecular complexity index is 633. The van der Waals surface area contributed by atoms with Crippen LogP contribution < -0.4 is 15.4 Å². The van der Waals surface area contributed by atoms with Crippen LogP contribution in [0.2, 0.25) is 0 Å². The number of ether oxygens (including phenoxy) is 1. The second kappa shape index (κ2) is 8.50. The molecule has 2 aromatic rings. The van der Waals surface area contributed by atoms with Gasteiger partial charge in [-0.1, -0.05) is 36.4 Å². The lowest BCUT2D eigenvalue weighted by Crippen LogP contribution is -2.31. The molecule has 3 rings (SSSR count). The summed E-state index contributed by atoms with van der Waals surface area (Å²) in [5, 5.41) is 6.40. The normalized spacial score (nSPS) is 15.6. The first-order valence-corrected chi connectivity index (χ1v) is 8.61. The van der Waals surface area contributed by atoms with Crippen molar-refractivity contribution in [3.63, 3.8) is 0 Å². The first-order chi connectivity index (χ1) is 11.8. The molecule has 0 fully saturated rings. The highest BCUT2D eigenvalue weighted by Crippen LogP contribution is 2.27. The summed E-state index contributed by atoms with van der Waals surface area (Å²) in [4.78, 5) is 11.9. The number of hydrogen-bond donors (Lipinski definition) is 2. The van der Waals surface area contributed by atoms with Crippen molar-refractivity contribution in [2.24, 2.45) is 0 Å². The Balaban J connectivity index is 1.23. The molecule has 24 heavy (non-hydrogen) atoms. The molecule has 2 N–H and O–H groups in total. The maximum atomic E-state index is 11.9. The molecule has 0 radical (unpaired) electrons. The zero-order chi connectivity index (χ0) is 16.6. The zero-order valence-corrected chi connectivity index (χ0v) is 13.8. The molecule has 1 heterocycles. The van der Waals surface area contributed by atoms with E-state index >= 15 is 0 Å². The third kappa shape index (κ3) is 4.59. The number of carbonyl (C=O) groups is 1. The van der Waals surface area contributed by atoms with E-state index < -0.39 is 0 Å². The van der Waals surface area contributed by atoms with Gasteiger partial charge in [-0.3, -0.25) is 4.79 Å². The molecular formula is C20H24N2O2. The fraction of sp³-hybridized carbons (Fsp3) is 0.350. The molecule has 0 aromatic heterocycles. The van der Waals surface area contributed by atoms with Crippen molar-refractivity contribution >= 4 is 5.91 Å². The molecule has 1 aliphatic heterocycles. The zero-order valence-electron chi connectivity index (χ0n) is 13.8. The maximum Gasteiger partial charge on any atom is 0.251 e. The highest BCUT2D eigenvalue weighted by atomic mass is 16.5. The number of benzene rings is 2. The summed E-state index contributed by atoms with van der Waals surface area (Å²) in [6.45, 7) is 2.52. The van der Waals surface area contributed by atoms with Gasteiger partial charge in [0.25, 0.3) is 5.91 Å². The third-order valence-corrected chi connectivity index (χ3v) is 4.19. The van der Waals surface area contributed by atoms with E-state index in [1.54, 1.807) is 0 Å². The summed E-state index contributed by atoms with van der Waals surface area (Å²) >= 11 is 0. The van der Waals surface area contributed by atoms with Crippen molar-refractivity contribution in [3.8, 4) is 5.75 Å². The molecule has 0 aliphatic carbocycles. The van der Waals surface area contributed by atoms with Gasteiger partial charge in [0.1, 0.15) is 11.9 Å². The smallest absolute Gasteiger partial charge is 0.251 e. The fourth-order valence-corrected chi connectivity index (χ4v) is 2.90. The van der Waals surface area contributed by atoms with Crippen molar-refractivity contribution in [2.45, 2.75) is 25.4 Å². The van der Waals surface area contributed by atoms with Crippen molar-refractivity contribution in [1.82, 2.24) is 10.6 Å². The number of nitrogens with one attached hydrogen (secondary N) is 2. The molecule has 4 nitrogen and oxygen atoms in total. The Hall–Kier alpha value is -2.33. The summed E-state index contributed by atoms with van der Waals surface area (Å²) in [5.41, 5.74) is 2.02. The molecule has 1 aliphatic rings. The van der Waals surface area contributed by atoms with E-state index in [1.165, 1.54) is 5.56 Å². The van der Waals surface area contributed by atoms with Gasteiger partial charge in [-0.05, 0) is 43.1 Å². The first kappa shape index (κ1) is 16.5. The SMILES string of the molecule is O=C(NCCCCNC[C@H]1Cc2ccccc2O1)c1ccccc1. The number of fused-ring (bicyclic) bond motifs is 1. The van der Waals surface area contributed by atoms with Gasteiger partial charge in [0.05, 0.1) is 0 Å². The third-order valence-electron chi connectivity index (χ3n) is 4.19. The number of carbonyl (C=O) groups excluding carboxylic acids is 1. The van der Waals surface area contributed by atoms with Crippen LogP contribution in [0, 0.1) is 0 Å². The van der Waals surface area contributed by atoms with E-state index in [-0.39, 0.29) is 12.0 Å². The van der Waals surface area contributed by atoms with Crippen LogP contribution in [0.1, 0.15) is 28.8 Å². The molecule has 0 spiro atoms. The van der Waals surface area contributed by atoms with Crippen LogP contribution in [0.5, 0.6) is 5.75 Å². The van der Waals surface area contributed by atoms with Crippen molar-refractivity contribution in [1.29, 1.82) is 0 Å². The van der Waals surface area contributed by atoms with Gasteiger partial charge in [0, 0.05) is 25.1 Å². The maximum absolute atomic E-state index is 11.9. The second-order valence-corrected chi connectivity index (χ2v) is 6.08. The van der Waals surface area contributed by atoms with E-state index in [2.05, 4.69) is 22.8 Å². The van der Waals surface area contributed by atoms with E-state index in [1.807, 2.05) is 42.5 Å². The Morgan fingerprint density at radius 2 is 1.75 bits per heavy atom. The van der Waals surface area contributed by atoms with E-state index in [9.17, 15) is 4.79 Å².